The lowest BCUT2D eigenvalue weighted by atomic mass is 9.98. The molecule has 20 heavy (non-hydrogen) atoms. The third-order valence-electron chi connectivity index (χ3n) is 3.95. The lowest BCUT2D eigenvalue weighted by Crippen LogP contribution is -2.43. The molecule has 1 saturated heterocycles. The van der Waals surface area contributed by atoms with E-state index in [1.807, 2.05) is 0 Å². The number of likely N-dealkylation sites (tertiary alicyclic amines) is 1. The van der Waals surface area contributed by atoms with Crippen LogP contribution >= 0.6 is 0 Å². The number of ketones is 1. The zero-order chi connectivity index (χ0) is 14.3. The smallest absolute Gasteiger partial charge is 0.230 e. The first-order valence-electron chi connectivity index (χ1n) is 6.62. The van der Waals surface area contributed by atoms with Crippen molar-refractivity contribution in [3.8, 4) is 0 Å². The van der Waals surface area contributed by atoms with E-state index in [-0.39, 0.29) is 29.9 Å². The lowest BCUT2D eigenvalue weighted by molar-refractivity contribution is -0.141. The van der Waals surface area contributed by atoms with Crippen molar-refractivity contribution in [1.29, 1.82) is 0 Å². The van der Waals surface area contributed by atoms with Gasteiger partial charge in [-0.05, 0) is 18.1 Å². The van der Waals surface area contributed by atoms with E-state index in [0.29, 0.717) is 29.8 Å². The average molecular weight is 293 g/mol. The summed E-state index contributed by atoms with van der Waals surface area (Å²) in [7, 11) is -3.25. The van der Waals surface area contributed by atoms with E-state index in [9.17, 15) is 18.0 Å². The molecule has 106 valence electrons. The number of hydrogen-bond donors (Lipinski definition) is 0. The highest BCUT2D eigenvalue weighted by atomic mass is 32.2. The van der Waals surface area contributed by atoms with Gasteiger partial charge in [0, 0.05) is 13.0 Å². The molecule has 2 aliphatic heterocycles. The van der Waals surface area contributed by atoms with Crippen molar-refractivity contribution < 1.29 is 18.0 Å². The summed E-state index contributed by atoms with van der Waals surface area (Å²) < 4.78 is 24.2. The molecular weight excluding hydrogens is 278 g/mol. The maximum atomic E-state index is 12.1. The highest BCUT2D eigenvalue weighted by Gasteiger charge is 2.37. The van der Waals surface area contributed by atoms with Crippen molar-refractivity contribution in [3.05, 3.63) is 29.8 Å². The first-order chi connectivity index (χ1) is 9.49. The molecule has 1 aromatic rings. The Morgan fingerprint density at radius 3 is 2.65 bits per heavy atom. The van der Waals surface area contributed by atoms with Crippen molar-refractivity contribution in [2.24, 2.45) is 0 Å². The molecule has 0 aliphatic carbocycles. The maximum Gasteiger partial charge on any atom is 0.230 e. The van der Waals surface area contributed by atoms with Crippen LogP contribution in [0.1, 0.15) is 30.9 Å². The van der Waals surface area contributed by atoms with Gasteiger partial charge < -0.3 is 4.90 Å². The average Bonchev–Trinajstić information content (AvgIpc) is 2.40. The monoisotopic (exact) mass is 293 g/mol. The van der Waals surface area contributed by atoms with Gasteiger partial charge in [0.1, 0.15) is 5.78 Å². The standard InChI is InChI=1S/C14H15NO4S/c16-10-5-7-15(14(17)9-10)12-6-8-20(18,19)13-4-2-1-3-11(12)13/h1-4,12H,5-9H2. The van der Waals surface area contributed by atoms with E-state index < -0.39 is 9.84 Å². The summed E-state index contributed by atoms with van der Waals surface area (Å²) in [6.45, 7) is 0.386. The number of piperidine rings is 1. The molecule has 0 radical (unpaired) electrons. The number of benzene rings is 1. The van der Waals surface area contributed by atoms with Crippen LogP contribution in [0.3, 0.4) is 0 Å². The van der Waals surface area contributed by atoms with Crippen LogP contribution in [-0.2, 0) is 19.4 Å². The molecule has 0 N–H and O–H groups in total. The van der Waals surface area contributed by atoms with Crippen LogP contribution < -0.4 is 0 Å². The lowest BCUT2D eigenvalue weighted by Gasteiger charge is -2.37. The second-order valence-electron chi connectivity index (χ2n) is 5.21. The van der Waals surface area contributed by atoms with Gasteiger partial charge in [-0.1, -0.05) is 18.2 Å². The van der Waals surface area contributed by atoms with Gasteiger partial charge in [-0.2, -0.15) is 0 Å². The van der Waals surface area contributed by atoms with Crippen LogP contribution in [-0.4, -0.2) is 37.3 Å². The summed E-state index contributed by atoms with van der Waals surface area (Å²) in [4.78, 5) is 25.3. The fourth-order valence-electron chi connectivity index (χ4n) is 2.95. The number of Topliss-reactive ketones (excluding diaryl/α,β-unsaturated/α-hetero) is 1. The molecule has 0 aromatic heterocycles. The quantitative estimate of drug-likeness (QED) is 0.727. The summed E-state index contributed by atoms with van der Waals surface area (Å²) in [6, 6.07) is 6.61. The Balaban J connectivity index is 2.00. The highest BCUT2D eigenvalue weighted by molar-refractivity contribution is 7.91. The van der Waals surface area contributed by atoms with Gasteiger partial charge in [0.25, 0.3) is 0 Å². The number of fused-ring (bicyclic) bond motifs is 1. The minimum atomic E-state index is -3.25. The number of sulfone groups is 1. The van der Waals surface area contributed by atoms with Crippen LogP contribution in [0.2, 0.25) is 0 Å². The van der Waals surface area contributed by atoms with Crippen LogP contribution in [0.4, 0.5) is 0 Å². The molecule has 0 bridgehead atoms. The summed E-state index contributed by atoms with van der Waals surface area (Å²) >= 11 is 0. The minimum absolute atomic E-state index is 0.0389. The Kier molecular flexibility index (Phi) is 3.12. The van der Waals surface area contributed by atoms with Gasteiger partial charge in [-0.15, -0.1) is 0 Å². The minimum Gasteiger partial charge on any atom is -0.335 e. The van der Waals surface area contributed by atoms with Gasteiger partial charge in [0.2, 0.25) is 5.91 Å². The van der Waals surface area contributed by atoms with Gasteiger partial charge in [-0.3, -0.25) is 9.59 Å². The molecule has 6 heteroatoms. The molecule has 1 unspecified atom stereocenters. The number of rotatable bonds is 1. The first kappa shape index (κ1) is 13.3. The maximum absolute atomic E-state index is 12.1. The zero-order valence-corrected chi connectivity index (χ0v) is 11.7. The second-order valence-corrected chi connectivity index (χ2v) is 7.29. The Morgan fingerprint density at radius 2 is 1.90 bits per heavy atom. The summed E-state index contributed by atoms with van der Waals surface area (Å²) in [6.07, 6.45) is 0.696. The van der Waals surface area contributed by atoms with Gasteiger partial charge in [0.05, 0.1) is 23.1 Å². The molecule has 3 rings (SSSR count). The highest BCUT2D eigenvalue weighted by Crippen LogP contribution is 2.37. The molecule has 1 atom stereocenters. The van der Waals surface area contributed by atoms with Crippen molar-refractivity contribution in [1.82, 2.24) is 4.90 Å². The number of amides is 1. The van der Waals surface area contributed by atoms with Crippen molar-refractivity contribution in [2.45, 2.75) is 30.2 Å². The molecule has 0 spiro atoms. The number of hydrogen-bond acceptors (Lipinski definition) is 4. The number of carbonyl (C=O) groups is 2. The van der Waals surface area contributed by atoms with E-state index in [1.165, 1.54) is 0 Å². The SMILES string of the molecule is O=C1CCN(C2CCS(=O)(=O)c3ccccc32)C(=O)C1. The van der Waals surface area contributed by atoms with E-state index in [4.69, 9.17) is 0 Å². The molecule has 2 heterocycles. The third kappa shape index (κ3) is 2.14. The zero-order valence-electron chi connectivity index (χ0n) is 10.9. The topological polar surface area (TPSA) is 71.5 Å². The van der Waals surface area contributed by atoms with Crippen molar-refractivity contribution in [2.75, 3.05) is 12.3 Å². The number of carbonyl (C=O) groups excluding carboxylic acids is 2. The van der Waals surface area contributed by atoms with Crippen LogP contribution in [0.5, 0.6) is 0 Å². The summed E-state index contributed by atoms with van der Waals surface area (Å²) in [5, 5.41) is 0. The van der Waals surface area contributed by atoms with Crippen LogP contribution in [0.15, 0.2) is 29.2 Å². The molecule has 1 aromatic carbocycles. The van der Waals surface area contributed by atoms with E-state index >= 15 is 0 Å². The molecule has 1 amide bonds. The summed E-state index contributed by atoms with van der Waals surface area (Å²) in [5.41, 5.74) is 0.682. The summed E-state index contributed by atoms with van der Waals surface area (Å²) in [5.74, 6) is -0.185. The first-order valence-corrected chi connectivity index (χ1v) is 8.27. The van der Waals surface area contributed by atoms with Crippen molar-refractivity contribution in [3.63, 3.8) is 0 Å². The Hall–Kier alpha value is -1.69. The molecule has 5 nitrogen and oxygen atoms in total. The Labute approximate surface area is 117 Å². The third-order valence-corrected chi connectivity index (χ3v) is 5.76. The van der Waals surface area contributed by atoms with Gasteiger partial charge in [-0.25, -0.2) is 8.42 Å². The van der Waals surface area contributed by atoms with Gasteiger partial charge >= 0.3 is 0 Å². The fourth-order valence-corrected chi connectivity index (χ4v) is 4.56. The Morgan fingerprint density at radius 1 is 1.15 bits per heavy atom. The van der Waals surface area contributed by atoms with E-state index in [0.717, 1.165) is 0 Å². The molecule has 2 aliphatic rings. The normalized spacial score (nSPS) is 25.4. The van der Waals surface area contributed by atoms with Crippen molar-refractivity contribution >= 4 is 21.5 Å². The van der Waals surface area contributed by atoms with Crippen LogP contribution in [0.25, 0.3) is 0 Å². The largest absolute Gasteiger partial charge is 0.335 e. The van der Waals surface area contributed by atoms with E-state index in [1.54, 1.807) is 29.2 Å². The second kappa shape index (κ2) is 4.70. The molecule has 0 saturated carbocycles. The fraction of sp³-hybridized carbons (Fsp3) is 0.429. The van der Waals surface area contributed by atoms with Crippen LogP contribution in [0, 0.1) is 0 Å². The van der Waals surface area contributed by atoms with E-state index in [2.05, 4.69) is 0 Å². The molecule has 1 fully saturated rings. The molecular formula is C14H15NO4S. The predicted molar refractivity (Wildman–Crippen MR) is 71.8 cm³/mol. The number of nitrogens with zero attached hydrogens (tertiary/aromatic N) is 1. The predicted octanol–water partition coefficient (Wildman–Crippen LogP) is 1.10. The van der Waals surface area contributed by atoms with Gasteiger partial charge in [0.15, 0.2) is 9.84 Å². The Bertz CT molecular complexity index is 680.